The van der Waals surface area contributed by atoms with Crippen LogP contribution in [-0.2, 0) is 7.05 Å². The van der Waals surface area contributed by atoms with Crippen LogP contribution < -0.4 is 5.69 Å². The van der Waals surface area contributed by atoms with Crippen molar-refractivity contribution in [1.29, 1.82) is 0 Å². The third kappa shape index (κ3) is 2.50. The van der Waals surface area contributed by atoms with Crippen molar-refractivity contribution in [3.05, 3.63) is 32.8 Å². The lowest BCUT2D eigenvalue weighted by molar-refractivity contribution is 0.682. The second-order valence-electron chi connectivity index (χ2n) is 3.91. The minimum absolute atomic E-state index is 0.183. The molecular formula is C10H12IMgN4O. The van der Waals surface area contributed by atoms with E-state index in [1.807, 2.05) is 12.2 Å². The molecule has 87 valence electrons. The normalized spacial score (nSPS) is 20.2. The van der Waals surface area contributed by atoms with Crippen LogP contribution in [0, 0.1) is 9.97 Å². The summed E-state index contributed by atoms with van der Waals surface area (Å²) in [6, 6.07) is 0. The number of halogens is 1. The Balaban J connectivity index is 2.44. The summed E-state index contributed by atoms with van der Waals surface area (Å²) in [7, 11) is 1.61. The van der Waals surface area contributed by atoms with E-state index in [0.29, 0.717) is 5.92 Å². The van der Waals surface area contributed by atoms with Gasteiger partial charge >= 0.3 is 22.2 Å². The maximum atomic E-state index is 11.9. The smallest absolute Gasteiger partial charge is 0.300 e. The predicted octanol–water partition coefficient (Wildman–Crippen LogP) is 1.000. The van der Waals surface area contributed by atoms with Gasteiger partial charge in [0, 0.05) is 12.7 Å². The Morgan fingerprint density at radius 3 is 2.82 bits per heavy atom. The first-order valence-corrected chi connectivity index (χ1v) is 11.3. The van der Waals surface area contributed by atoms with E-state index in [-0.39, 0.29) is 22.2 Å². The summed E-state index contributed by atoms with van der Waals surface area (Å²) in [4.78, 5) is 11.9. The fourth-order valence-corrected chi connectivity index (χ4v) is 5.81. The van der Waals surface area contributed by atoms with E-state index >= 15 is 0 Å². The second kappa shape index (κ2) is 5.66. The Morgan fingerprint density at radius 2 is 2.29 bits per heavy atom. The average molecular weight is 355 g/mol. The molecule has 5 nitrogen and oxygen atoms in total. The largest absolute Gasteiger partial charge is 0.477 e. The topological polar surface area (TPSA) is 52.7 Å². The van der Waals surface area contributed by atoms with Gasteiger partial charge in [0.2, 0.25) is 0 Å². The number of aryl methyl sites for hydroxylation is 1. The van der Waals surface area contributed by atoms with Crippen LogP contribution in [0.2, 0.25) is 0 Å². The molecule has 1 atom stereocenters. The molecule has 1 aromatic rings. The van der Waals surface area contributed by atoms with Gasteiger partial charge in [-0.05, 0) is 22.4 Å². The first-order valence-electron chi connectivity index (χ1n) is 5.49. The van der Waals surface area contributed by atoms with Gasteiger partial charge in [0.15, 0.2) is 0 Å². The zero-order chi connectivity index (χ0) is 12.4. The molecule has 1 aliphatic carbocycles. The first kappa shape index (κ1) is 13.3. The minimum Gasteiger partial charge on any atom is -0.300 e. The van der Waals surface area contributed by atoms with E-state index in [0.717, 1.165) is 12.1 Å². The highest BCUT2D eigenvalue weighted by Crippen LogP contribution is 2.32. The third-order valence-corrected chi connectivity index (χ3v) is 6.55. The Kier molecular flexibility index (Phi) is 4.42. The van der Waals surface area contributed by atoms with Gasteiger partial charge in [-0.1, -0.05) is 29.5 Å². The molecule has 0 aromatic carbocycles. The molecule has 1 aromatic heterocycles. The molecule has 0 fully saturated rings. The molecular weight excluding hydrogens is 343 g/mol. The Labute approximate surface area is 119 Å². The van der Waals surface area contributed by atoms with Crippen molar-refractivity contribution in [1.82, 2.24) is 19.8 Å². The molecule has 1 unspecified atom stereocenters. The van der Waals surface area contributed by atoms with Crippen molar-refractivity contribution in [2.75, 3.05) is 0 Å². The molecule has 7 heteroatoms. The van der Waals surface area contributed by atoms with Gasteiger partial charge in [-0.15, -0.1) is 0 Å². The van der Waals surface area contributed by atoms with Gasteiger partial charge in [-0.2, -0.15) is 9.36 Å². The lowest BCUT2D eigenvalue weighted by Crippen LogP contribution is -2.29. The molecule has 1 heterocycles. The number of allylic oxidation sites excluding steroid dienone is 4. The van der Waals surface area contributed by atoms with Crippen molar-refractivity contribution in [2.24, 2.45) is 13.0 Å². The van der Waals surface area contributed by atoms with Crippen molar-refractivity contribution >= 4 is 41.0 Å². The van der Waals surface area contributed by atoms with Crippen LogP contribution in [0.3, 0.4) is 0 Å². The molecule has 1 radical (unpaired) electrons. The van der Waals surface area contributed by atoms with E-state index in [1.54, 1.807) is 7.05 Å². The Bertz CT molecular complexity index is 519. The van der Waals surface area contributed by atoms with Crippen LogP contribution in [0.5, 0.6) is 0 Å². The molecule has 2 rings (SSSR count). The molecule has 0 amide bonds. The molecule has 17 heavy (non-hydrogen) atoms. The van der Waals surface area contributed by atoms with E-state index < -0.39 is 0 Å². The minimum atomic E-state index is -0.358. The highest BCUT2D eigenvalue weighted by molar-refractivity contribution is 14.1. The zero-order valence-electron chi connectivity index (χ0n) is 9.80. The van der Waals surface area contributed by atoms with Gasteiger partial charge in [0.25, 0.3) is 0 Å². The van der Waals surface area contributed by atoms with Crippen LogP contribution in [-0.4, -0.2) is 36.3 Å². The van der Waals surface area contributed by atoms with E-state index in [2.05, 4.69) is 42.3 Å². The van der Waals surface area contributed by atoms with Gasteiger partial charge < -0.3 is 0 Å². The van der Waals surface area contributed by atoms with Crippen LogP contribution in [0.15, 0.2) is 23.0 Å². The third-order valence-electron chi connectivity index (χ3n) is 2.91. The summed E-state index contributed by atoms with van der Waals surface area (Å²) in [5, 5.41) is 7.68. The van der Waals surface area contributed by atoms with Crippen molar-refractivity contribution in [3.63, 3.8) is 0 Å². The summed E-state index contributed by atoms with van der Waals surface area (Å²) in [5.41, 5.74) is 0.747. The number of nitrogens with zero attached hydrogens (tertiary/aromatic N) is 4. The Morgan fingerprint density at radius 1 is 1.53 bits per heavy atom. The lowest BCUT2D eigenvalue weighted by atomic mass is 9.95. The van der Waals surface area contributed by atoms with Gasteiger partial charge in [0.1, 0.15) is 0 Å². The zero-order valence-corrected chi connectivity index (χ0v) is 13.4. The van der Waals surface area contributed by atoms with Crippen molar-refractivity contribution in [3.8, 4) is 0 Å². The first-order chi connectivity index (χ1) is 8.19. The SMILES string of the molecule is CCC1C=CC=C(n2nnn(C)c2=O)[C]1[Mg][I]. The van der Waals surface area contributed by atoms with Crippen molar-refractivity contribution in [2.45, 2.75) is 13.3 Å². The molecule has 0 spiro atoms. The molecule has 0 aliphatic heterocycles. The quantitative estimate of drug-likeness (QED) is 0.600. The van der Waals surface area contributed by atoms with Crippen LogP contribution >= 0.6 is 18.9 Å². The van der Waals surface area contributed by atoms with Crippen molar-refractivity contribution < 1.29 is 0 Å². The highest BCUT2D eigenvalue weighted by atomic mass is 127. The standard InChI is InChI=1S/C10H12N4O.HI.Mg/c1-3-8-5-4-6-9(7-8)14-10(15)13(2)11-12-14;;/h4-6,8H,3H2,1-2H3;1H;/q;;+1/p-1. The summed E-state index contributed by atoms with van der Waals surface area (Å²) < 4.78 is 4.04. The summed E-state index contributed by atoms with van der Waals surface area (Å²) in [6.45, 7) is 2.16. The van der Waals surface area contributed by atoms with Crippen LogP contribution in [0.1, 0.15) is 13.3 Å². The molecule has 1 aliphatic rings. The predicted molar refractivity (Wildman–Crippen MR) is 75.5 cm³/mol. The fraction of sp³-hybridized carbons (Fsp3) is 0.400. The van der Waals surface area contributed by atoms with Crippen LogP contribution in [0.25, 0.3) is 5.70 Å². The maximum absolute atomic E-state index is 11.9. The van der Waals surface area contributed by atoms with Crippen LogP contribution in [0.4, 0.5) is 0 Å². The maximum Gasteiger partial charge on any atom is 0.477 e. The van der Waals surface area contributed by atoms with E-state index in [1.165, 1.54) is 13.4 Å². The molecule has 0 saturated heterocycles. The number of hydrogen-bond acceptors (Lipinski definition) is 3. The van der Waals surface area contributed by atoms with Gasteiger partial charge in [0.05, 0.1) is 0 Å². The second-order valence-corrected chi connectivity index (χ2v) is 7.22. The number of tetrazole rings is 1. The highest BCUT2D eigenvalue weighted by Gasteiger charge is 2.27. The summed E-state index contributed by atoms with van der Waals surface area (Å²) >= 11 is 2.10. The van der Waals surface area contributed by atoms with E-state index in [4.69, 9.17) is 0 Å². The molecule has 0 bridgehead atoms. The summed E-state index contributed by atoms with van der Waals surface area (Å²) in [6.07, 6.45) is 7.23. The number of rotatable bonds is 3. The monoisotopic (exact) mass is 355 g/mol. The number of aromatic nitrogens is 4. The molecule has 0 N–H and O–H groups in total. The number of hydrogen-bond donors (Lipinski definition) is 0. The van der Waals surface area contributed by atoms with E-state index in [9.17, 15) is 4.79 Å². The fourth-order valence-electron chi connectivity index (χ4n) is 1.92. The van der Waals surface area contributed by atoms with Gasteiger partial charge in [-0.25, -0.2) is 4.79 Å². The Hall–Kier alpha value is -0.154. The molecule has 0 saturated carbocycles. The van der Waals surface area contributed by atoms with Gasteiger partial charge in [-0.3, -0.25) is 18.9 Å². The average Bonchev–Trinajstić information content (AvgIpc) is 2.69. The lowest BCUT2D eigenvalue weighted by Gasteiger charge is -2.26. The summed E-state index contributed by atoms with van der Waals surface area (Å²) in [5.74, 6) is 0.451.